The average Bonchev–Trinajstić information content (AvgIpc) is 3.04. The number of amides is 2. The van der Waals surface area contributed by atoms with Crippen molar-refractivity contribution >= 4 is 11.8 Å². The van der Waals surface area contributed by atoms with Gasteiger partial charge in [0.1, 0.15) is 0 Å². The Balaban J connectivity index is 1.83. The number of carbonyl (C=O) groups is 2. The van der Waals surface area contributed by atoms with E-state index >= 15 is 0 Å². The van der Waals surface area contributed by atoms with Crippen LogP contribution in [0.25, 0.3) is 0 Å². The van der Waals surface area contributed by atoms with Crippen LogP contribution in [0.3, 0.4) is 0 Å². The summed E-state index contributed by atoms with van der Waals surface area (Å²) in [4.78, 5) is 26.6. The lowest BCUT2D eigenvalue weighted by Gasteiger charge is -2.25. The molecule has 1 N–H and O–H groups in total. The van der Waals surface area contributed by atoms with E-state index in [-0.39, 0.29) is 29.2 Å². The molecule has 3 rings (SSSR count). The molecule has 2 heterocycles. The Morgan fingerprint density at radius 1 is 1.38 bits per heavy atom. The van der Waals surface area contributed by atoms with Gasteiger partial charge in [-0.25, -0.2) is 4.68 Å². The summed E-state index contributed by atoms with van der Waals surface area (Å²) in [6.45, 7) is 3.16. The summed E-state index contributed by atoms with van der Waals surface area (Å²) in [5, 5.41) is 10.9. The minimum atomic E-state index is -0.313. The number of rotatable bonds is 5. The van der Waals surface area contributed by atoms with Gasteiger partial charge in [0.25, 0.3) is 11.8 Å². The number of fused-ring (bicyclic) bond motifs is 1. The van der Waals surface area contributed by atoms with Crippen LogP contribution in [0.15, 0.2) is 30.3 Å². The van der Waals surface area contributed by atoms with Crippen molar-refractivity contribution in [2.24, 2.45) is 0 Å². The lowest BCUT2D eigenvalue weighted by Crippen LogP contribution is -2.40. The molecule has 0 saturated carbocycles. The van der Waals surface area contributed by atoms with Gasteiger partial charge in [0.2, 0.25) is 0 Å². The van der Waals surface area contributed by atoms with Crippen molar-refractivity contribution in [3.8, 4) is 0 Å². The molecule has 1 atom stereocenters. The third-order valence-electron chi connectivity index (χ3n) is 4.21. The van der Waals surface area contributed by atoms with E-state index in [1.54, 1.807) is 11.9 Å². The first-order chi connectivity index (χ1) is 11.6. The molecule has 126 valence electrons. The number of nitrogens with one attached hydrogen (secondary N) is 1. The first kappa shape index (κ1) is 16.2. The third-order valence-corrected chi connectivity index (χ3v) is 4.21. The zero-order chi connectivity index (χ0) is 17.1. The molecule has 0 aliphatic carbocycles. The van der Waals surface area contributed by atoms with Crippen LogP contribution in [0.2, 0.25) is 0 Å². The highest BCUT2D eigenvalue weighted by atomic mass is 16.2. The average molecular weight is 327 g/mol. The van der Waals surface area contributed by atoms with E-state index in [9.17, 15) is 9.59 Å². The molecule has 24 heavy (non-hydrogen) atoms. The highest BCUT2D eigenvalue weighted by Gasteiger charge is 2.33. The third kappa shape index (κ3) is 3.02. The van der Waals surface area contributed by atoms with Crippen molar-refractivity contribution in [3.05, 3.63) is 47.3 Å². The molecule has 0 radical (unpaired) electrons. The Hall–Kier alpha value is -2.70. The van der Waals surface area contributed by atoms with Crippen molar-refractivity contribution in [2.45, 2.75) is 32.4 Å². The van der Waals surface area contributed by atoms with Crippen molar-refractivity contribution in [3.63, 3.8) is 0 Å². The number of unbranched alkanes of at least 4 members (excludes halogenated alkanes) is 1. The Morgan fingerprint density at radius 2 is 2.12 bits per heavy atom. The van der Waals surface area contributed by atoms with Gasteiger partial charge < -0.3 is 10.2 Å². The molecular weight excluding hydrogens is 306 g/mol. The molecule has 7 heteroatoms. The number of nitrogens with zero attached hydrogens (tertiary/aromatic N) is 4. The number of hydrogen-bond donors (Lipinski definition) is 1. The molecule has 7 nitrogen and oxygen atoms in total. The zero-order valence-corrected chi connectivity index (χ0v) is 13.9. The summed E-state index contributed by atoms with van der Waals surface area (Å²) in [7, 11) is 1.72. The van der Waals surface area contributed by atoms with Crippen molar-refractivity contribution in [1.82, 2.24) is 25.2 Å². The molecule has 1 aliphatic heterocycles. The maximum absolute atomic E-state index is 12.5. The predicted molar refractivity (Wildman–Crippen MR) is 88.5 cm³/mol. The van der Waals surface area contributed by atoms with Gasteiger partial charge in [0, 0.05) is 13.6 Å². The Bertz CT molecular complexity index is 741. The van der Waals surface area contributed by atoms with Crippen molar-refractivity contribution < 1.29 is 9.59 Å². The molecule has 0 bridgehead atoms. The number of benzene rings is 1. The smallest absolute Gasteiger partial charge is 0.276 e. The molecular formula is C17H21N5O2. The molecule has 0 fully saturated rings. The van der Waals surface area contributed by atoms with Gasteiger partial charge in [0.15, 0.2) is 11.4 Å². The van der Waals surface area contributed by atoms with Crippen LogP contribution in [-0.4, -0.2) is 45.3 Å². The van der Waals surface area contributed by atoms with Gasteiger partial charge in [-0.3, -0.25) is 9.59 Å². The predicted octanol–water partition coefficient (Wildman–Crippen LogP) is 1.63. The van der Waals surface area contributed by atoms with Gasteiger partial charge in [-0.05, 0) is 12.0 Å². The molecule has 1 aromatic heterocycles. The highest BCUT2D eigenvalue weighted by molar-refractivity contribution is 6.05. The van der Waals surface area contributed by atoms with Crippen LogP contribution in [-0.2, 0) is 6.54 Å². The van der Waals surface area contributed by atoms with E-state index < -0.39 is 0 Å². The first-order valence-corrected chi connectivity index (χ1v) is 8.16. The normalized spacial score (nSPS) is 16.4. The summed E-state index contributed by atoms with van der Waals surface area (Å²) in [5.41, 5.74) is 1.37. The van der Waals surface area contributed by atoms with Gasteiger partial charge in [0.05, 0.1) is 12.6 Å². The Kier molecular flexibility index (Phi) is 4.59. The monoisotopic (exact) mass is 327 g/mol. The summed E-state index contributed by atoms with van der Waals surface area (Å²) in [6.07, 6.45) is 1.91. The molecule has 0 spiro atoms. The maximum Gasteiger partial charge on any atom is 0.276 e. The van der Waals surface area contributed by atoms with E-state index in [1.165, 1.54) is 4.68 Å². The van der Waals surface area contributed by atoms with Gasteiger partial charge >= 0.3 is 0 Å². The topological polar surface area (TPSA) is 80.1 Å². The Labute approximate surface area is 140 Å². The van der Waals surface area contributed by atoms with Crippen LogP contribution in [0.4, 0.5) is 0 Å². The first-order valence-electron chi connectivity index (χ1n) is 8.16. The SMILES string of the molecule is CCCCN(C)C(=O)c1nnn2c1C(=O)N[C@@H](c1ccccc1)C2. The summed E-state index contributed by atoms with van der Waals surface area (Å²) in [5.74, 6) is -0.578. The second kappa shape index (κ2) is 6.82. The summed E-state index contributed by atoms with van der Waals surface area (Å²) in [6, 6.07) is 9.52. The molecule has 0 unspecified atom stereocenters. The number of carbonyl (C=O) groups excluding carboxylic acids is 2. The fraction of sp³-hybridized carbons (Fsp3) is 0.412. The fourth-order valence-electron chi connectivity index (χ4n) is 2.81. The lowest BCUT2D eigenvalue weighted by molar-refractivity contribution is 0.0775. The largest absolute Gasteiger partial charge is 0.342 e. The van der Waals surface area contributed by atoms with Crippen molar-refractivity contribution in [1.29, 1.82) is 0 Å². The van der Waals surface area contributed by atoms with Gasteiger partial charge in [-0.15, -0.1) is 5.10 Å². The van der Waals surface area contributed by atoms with Gasteiger partial charge in [-0.1, -0.05) is 48.9 Å². The number of aromatic nitrogens is 3. The molecule has 2 amide bonds. The second-order valence-electron chi connectivity index (χ2n) is 5.99. The zero-order valence-electron chi connectivity index (χ0n) is 13.9. The molecule has 1 aliphatic rings. The van der Waals surface area contributed by atoms with Crippen molar-refractivity contribution in [2.75, 3.05) is 13.6 Å². The summed E-state index contributed by atoms with van der Waals surface area (Å²) >= 11 is 0. The standard InChI is InChI=1S/C17H21N5O2/c1-3-4-10-21(2)17(24)14-15-16(23)18-13(11-22(15)20-19-14)12-8-6-5-7-9-12/h5-9,13H,3-4,10-11H2,1-2H3,(H,18,23)/t13-/m1/s1. The van der Waals surface area contributed by atoms with Crippen LogP contribution in [0.5, 0.6) is 0 Å². The second-order valence-corrected chi connectivity index (χ2v) is 5.99. The quantitative estimate of drug-likeness (QED) is 0.905. The Morgan fingerprint density at radius 3 is 2.83 bits per heavy atom. The molecule has 2 aromatic rings. The van der Waals surface area contributed by atoms with Gasteiger partial charge in [-0.2, -0.15) is 0 Å². The lowest BCUT2D eigenvalue weighted by atomic mass is 10.0. The van der Waals surface area contributed by atoms with E-state index in [0.717, 1.165) is 18.4 Å². The van der Waals surface area contributed by atoms with Crippen LogP contribution < -0.4 is 5.32 Å². The van der Waals surface area contributed by atoms with E-state index in [0.29, 0.717) is 13.1 Å². The fourth-order valence-corrected chi connectivity index (χ4v) is 2.81. The number of hydrogen-bond acceptors (Lipinski definition) is 4. The van der Waals surface area contributed by atoms with Crippen LogP contribution >= 0.6 is 0 Å². The minimum absolute atomic E-state index is 0.123. The summed E-state index contributed by atoms with van der Waals surface area (Å²) < 4.78 is 1.53. The minimum Gasteiger partial charge on any atom is -0.342 e. The highest BCUT2D eigenvalue weighted by Crippen LogP contribution is 2.22. The van der Waals surface area contributed by atoms with Crippen LogP contribution in [0, 0.1) is 0 Å². The van der Waals surface area contributed by atoms with E-state index in [1.807, 2.05) is 30.3 Å². The maximum atomic E-state index is 12.5. The van der Waals surface area contributed by atoms with Crippen LogP contribution in [0.1, 0.15) is 52.3 Å². The van der Waals surface area contributed by atoms with E-state index in [4.69, 9.17) is 0 Å². The molecule has 0 saturated heterocycles. The van der Waals surface area contributed by atoms with E-state index in [2.05, 4.69) is 22.6 Å². The molecule has 1 aromatic carbocycles.